The minimum Gasteiger partial charge on any atom is -0.352 e. The SMILES string of the molecule is CC1CCCCCC1NC(=O)C(Cl)c1ccccc1. The molecule has 2 rings (SSSR count). The average molecular weight is 280 g/mol. The minimum atomic E-state index is -0.586. The van der Waals surface area contributed by atoms with E-state index in [1.807, 2.05) is 30.3 Å². The Hall–Kier alpha value is -1.02. The van der Waals surface area contributed by atoms with Crippen LogP contribution in [0.2, 0.25) is 0 Å². The van der Waals surface area contributed by atoms with Gasteiger partial charge in [-0.15, -0.1) is 11.6 Å². The van der Waals surface area contributed by atoms with Gasteiger partial charge in [-0.1, -0.05) is 56.5 Å². The van der Waals surface area contributed by atoms with Gasteiger partial charge in [-0.05, 0) is 24.3 Å². The van der Waals surface area contributed by atoms with Crippen LogP contribution in [0.25, 0.3) is 0 Å². The van der Waals surface area contributed by atoms with Gasteiger partial charge >= 0.3 is 0 Å². The van der Waals surface area contributed by atoms with E-state index in [9.17, 15) is 4.79 Å². The van der Waals surface area contributed by atoms with Gasteiger partial charge in [-0.3, -0.25) is 4.79 Å². The van der Waals surface area contributed by atoms with Crippen LogP contribution in [0, 0.1) is 5.92 Å². The molecular weight excluding hydrogens is 258 g/mol. The monoisotopic (exact) mass is 279 g/mol. The van der Waals surface area contributed by atoms with E-state index in [1.165, 1.54) is 25.7 Å². The lowest BCUT2D eigenvalue weighted by molar-refractivity contribution is -0.121. The van der Waals surface area contributed by atoms with Crippen LogP contribution >= 0.6 is 11.6 Å². The first-order valence-electron chi connectivity index (χ1n) is 7.18. The Labute approximate surface area is 120 Å². The molecule has 3 unspecified atom stereocenters. The number of alkyl halides is 1. The van der Waals surface area contributed by atoms with Gasteiger partial charge in [0, 0.05) is 6.04 Å². The van der Waals surface area contributed by atoms with Crippen molar-refractivity contribution in [3.05, 3.63) is 35.9 Å². The highest BCUT2D eigenvalue weighted by atomic mass is 35.5. The number of hydrogen-bond donors (Lipinski definition) is 1. The molecule has 19 heavy (non-hydrogen) atoms. The van der Waals surface area contributed by atoms with Crippen LogP contribution in [0.3, 0.4) is 0 Å². The molecule has 3 atom stereocenters. The number of benzene rings is 1. The molecule has 1 aliphatic rings. The summed E-state index contributed by atoms with van der Waals surface area (Å²) in [6, 6.07) is 9.82. The highest BCUT2D eigenvalue weighted by molar-refractivity contribution is 6.30. The van der Waals surface area contributed by atoms with Crippen LogP contribution in [0.4, 0.5) is 0 Å². The summed E-state index contributed by atoms with van der Waals surface area (Å²) < 4.78 is 0. The third-order valence-corrected chi connectivity index (χ3v) is 4.46. The molecule has 0 aromatic heterocycles. The van der Waals surface area contributed by atoms with E-state index in [4.69, 9.17) is 11.6 Å². The molecular formula is C16H22ClNO. The first-order chi connectivity index (χ1) is 9.18. The van der Waals surface area contributed by atoms with Crippen LogP contribution in [-0.4, -0.2) is 11.9 Å². The van der Waals surface area contributed by atoms with Gasteiger partial charge < -0.3 is 5.32 Å². The summed E-state index contributed by atoms with van der Waals surface area (Å²) in [5.41, 5.74) is 0.864. The number of carbonyl (C=O) groups is 1. The lowest BCUT2D eigenvalue weighted by Gasteiger charge is -2.24. The maximum Gasteiger partial charge on any atom is 0.242 e. The molecule has 1 aromatic carbocycles. The van der Waals surface area contributed by atoms with E-state index in [-0.39, 0.29) is 11.9 Å². The van der Waals surface area contributed by atoms with E-state index in [0.717, 1.165) is 12.0 Å². The topological polar surface area (TPSA) is 29.1 Å². The molecule has 0 bridgehead atoms. The molecule has 0 saturated heterocycles. The normalized spacial score (nSPS) is 25.4. The molecule has 104 valence electrons. The van der Waals surface area contributed by atoms with E-state index in [1.54, 1.807) is 0 Å². The fourth-order valence-electron chi connectivity index (χ4n) is 2.74. The van der Waals surface area contributed by atoms with Crippen molar-refractivity contribution in [3.63, 3.8) is 0 Å². The van der Waals surface area contributed by atoms with Crippen molar-refractivity contribution >= 4 is 17.5 Å². The summed E-state index contributed by atoms with van der Waals surface area (Å²) in [5, 5.41) is 2.55. The lowest BCUT2D eigenvalue weighted by Crippen LogP contribution is -2.40. The van der Waals surface area contributed by atoms with Crippen molar-refractivity contribution in [1.82, 2.24) is 5.32 Å². The summed E-state index contributed by atoms with van der Waals surface area (Å²) in [5.74, 6) is 0.484. The molecule has 0 aliphatic heterocycles. The van der Waals surface area contributed by atoms with Crippen molar-refractivity contribution in [2.75, 3.05) is 0 Å². The second-order valence-corrected chi connectivity index (χ2v) is 5.94. The number of amides is 1. The quantitative estimate of drug-likeness (QED) is 0.656. The van der Waals surface area contributed by atoms with Gasteiger partial charge in [-0.2, -0.15) is 0 Å². The third-order valence-electron chi connectivity index (χ3n) is 4.01. The highest BCUT2D eigenvalue weighted by Gasteiger charge is 2.25. The van der Waals surface area contributed by atoms with Gasteiger partial charge in [-0.25, -0.2) is 0 Å². The first-order valence-corrected chi connectivity index (χ1v) is 7.61. The van der Waals surface area contributed by atoms with Crippen molar-refractivity contribution in [2.24, 2.45) is 5.92 Å². The third kappa shape index (κ3) is 3.97. The number of rotatable bonds is 3. The van der Waals surface area contributed by atoms with Crippen molar-refractivity contribution < 1.29 is 4.79 Å². The molecule has 0 heterocycles. The van der Waals surface area contributed by atoms with E-state index in [2.05, 4.69) is 12.2 Å². The lowest BCUT2D eigenvalue weighted by atomic mass is 9.96. The predicted molar refractivity (Wildman–Crippen MR) is 79.2 cm³/mol. The summed E-state index contributed by atoms with van der Waals surface area (Å²) in [7, 11) is 0. The smallest absolute Gasteiger partial charge is 0.242 e. The van der Waals surface area contributed by atoms with E-state index in [0.29, 0.717) is 5.92 Å². The van der Waals surface area contributed by atoms with Crippen molar-refractivity contribution in [3.8, 4) is 0 Å². The van der Waals surface area contributed by atoms with Gasteiger partial charge in [0.05, 0.1) is 0 Å². The summed E-state index contributed by atoms with van der Waals surface area (Å²) in [6.45, 7) is 2.22. The second-order valence-electron chi connectivity index (χ2n) is 5.50. The standard InChI is InChI=1S/C16H22ClNO/c1-12-8-4-2-7-11-14(12)18-16(19)15(17)13-9-5-3-6-10-13/h3,5-6,9-10,12,14-15H,2,4,7-8,11H2,1H3,(H,18,19). The van der Waals surface area contributed by atoms with Crippen LogP contribution in [0.5, 0.6) is 0 Å². The molecule has 1 aromatic rings. The number of hydrogen-bond acceptors (Lipinski definition) is 1. The fourth-order valence-corrected chi connectivity index (χ4v) is 2.95. The first kappa shape index (κ1) is 14.4. The van der Waals surface area contributed by atoms with Crippen molar-refractivity contribution in [1.29, 1.82) is 0 Å². The van der Waals surface area contributed by atoms with Crippen molar-refractivity contribution in [2.45, 2.75) is 50.4 Å². The van der Waals surface area contributed by atoms with Gasteiger partial charge in [0.15, 0.2) is 0 Å². The molecule has 1 amide bonds. The summed E-state index contributed by atoms with van der Waals surface area (Å²) >= 11 is 6.25. The Morgan fingerprint density at radius 3 is 2.63 bits per heavy atom. The number of carbonyl (C=O) groups excluding carboxylic acids is 1. The van der Waals surface area contributed by atoms with Crippen LogP contribution in [0.15, 0.2) is 30.3 Å². The van der Waals surface area contributed by atoms with Gasteiger partial charge in [0.25, 0.3) is 0 Å². The maximum absolute atomic E-state index is 12.2. The molecule has 0 spiro atoms. The van der Waals surface area contributed by atoms with E-state index >= 15 is 0 Å². The summed E-state index contributed by atoms with van der Waals surface area (Å²) in [4.78, 5) is 12.2. The number of nitrogens with one attached hydrogen (secondary N) is 1. The molecule has 1 fully saturated rings. The highest BCUT2D eigenvalue weighted by Crippen LogP contribution is 2.25. The Bertz CT molecular complexity index is 406. The molecule has 3 heteroatoms. The zero-order valence-electron chi connectivity index (χ0n) is 11.4. The van der Waals surface area contributed by atoms with Gasteiger partial charge in [0.2, 0.25) is 5.91 Å². The second kappa shape index (κ2) is 6.95. The average Bonchev–Trinajstić information content (AvgIpc) is 2.64. The molecule has 1 aliphatic carbocycles. The molecule has 1 saturated carbocycles. The minimum absolute atomic E-state index is 0.0633. The Morgan fingerprint density at radius 1 is 1.21 bits per heavy atom. The Kier molecular flexibility index (Phi) is 5.26. The zero-order chi connectivity index (χ0) is 13.7. The molecule has 1 N–H and O–H groups in total. The van der Waals surface area contributed by atoms with Crippen LogP contribution in [-0.2, 0) is 4.79 Å². The fraction of sp³-hybridized carbons (Fsp3) is 0.562. The van der Waals surface area contributed by atoms with E-state index < -0.39 is 5.38 Å². The largest absolute Gasteiger partial charge is 0.352 e. The maximum atomic E-state index is 12.2. The zero-order valence-corrected chi connectivity index (χ0v) is 12.2. The van der Waals surface area contributed by atoms with Gasteiger partial charge in [0.1, 0.15) is 5.38 Å². The Morgan fingerprint density at radius 2 is 1.89 bits per heavy atom. The van der Waals surface area contributed by atoms with Crippen LogP contribution in [0.1, 0.15) is 50.0 Å². The molecule has 0 radical (unpaired) electrons. The van der Waals surface area contributed by atoms with Crippen LogP contribution < -0.4 is 5.32 Å². The number of halogens is 1. The Balaban J connectivity index is 1.96. The predicted octanol–water partition coefficient (Wildman–Crippen LogP) is 4.05. The summed E-state index contributed by atoms with van der Waals surface area (Å²) in [6.07, 6.45) is 6.03. The molecule has 2 nitrogen and oxygen atoms in total.